The first-order valence-corrected chi connectivity index (χ1v) is 8.03. The van der Waals surface area contributed by atoms with Crippen LogP contribution in [0.5, 0.6) is 0 Å². The number of carbonyl (C=O) groups excluding carboxylic acids is 1. The molecule has 0 unspecified atom stereocenters. The number of amides is 1. The highest BCUT2D eigenvalue weighted by atomic mass is 32.2. The summed E-state index contributed by atoms with van der Waals surface area (Å²) in [5.41, 5.74) is 0.254. The van der Waals surface area contributed by atoms with Gasteiger partial charge in [-0.05, 0) is 32.9 Å². The second-order valence-electron chi connectivity index (χ2n) is 5.36. The molecule has 0 aromatic carbocycles. The molecule has 0 spiro atoms. The zero-order chi connectivity index (χ0) is 15.6. The molecule has 0 atom stereocenters. The molecule has 1 aromatic rings. The summed E-state index contributed by atoms with van der Waals surface area (Å²) in [6.45, 7) is 3.70. The first-order chi connectivity index (χ1) is 9.89. The number of nitrogens with zero attached hydrogens (tertiary/aromatic N) is 2. The van der Waals surface area contributed by atoms with E-state index in [0.717, 1.165) is 6.42 Å². The highest BCUT2D eigenvalue weighted by Crippen LogP contribution is 2.40. The normalized spacial score (nSPS) is 16.1. The molecular weight excluding hydrogens is 290 g/mol. The quantitative estimate of drug-likeness (QED) is 0.636. The molecule has 1 amide bonds. The fraction of sp³-hybridized carbons (Fsp3) is 0.571. The van der Waals surface area contributed by atoms with E-state index in [1.165, 1.54) is 11.8 Å². The van der Waals surface area contributed by atoms with Crippen LogP contribution in [0.3, 0.4) is 0 Å². The van der Waals surface area contributed by atoms with Crippen molar-refractivity contribution < 1.29 is 14.7 Å². The molecule has 6 nitrogen and oxygen atoms in total. The third-order valence-corrected chi connectivity index (χ3v) is 4.62. The van der Waals surface area contributed by atoms with E-state index >= 15 is 0 Å². The molecule has 1 saturated carbocycles. The number of aryl methyl sites for hydroxylation is 2. The number of nitrogens with one attached hydrogen (secondary N) is 1. The fourth-order valence-corrected chi connectivity index (χ4v) is 3.17. The van der Waals surface area contributed by atoms with Gasteiger partial charge in [0.1, 0.15) is 10.9 Å². The minimum Gasteiger partial charge on any atom is -0.481 e. The van der Waals surface area contributed by atoms with Gasteiger partial charge in [-0.1, -0.05) is 6.42 Å². The van der Waals surface area contributed by atoms with Crippen LogP contribution in [-0.4, -0.2) is 39.8 Å². The molecular formula is C14H19N3O3S. The predicted molar refractivity (Wildman–Crippen MR) is 79.5 cm³/mol. The Kier molecular flexibility index (Phi) is 4.51. The van der Waals surface area contributed by atoms with Crippen molar-refractivity contribution >= 4 is 23.6 Å². The highest BCUT2D eigenvalue weighted by molar-refractivity contribution is 7.98. The maximum Gasteiger partial charge on any atom is 0.311 e. The maximum atomic E-state index is 12.4. The molecule has 0 saturated heterocycles. The number of aromatic nitrogens is 2. The van der Waals surface area contributed by atoms with Gasteiger partial charge in [-0.2, -0.15) is 0 Å². The zero-order valence-corrected chi connectivity index (χ0v) is 13.2. The van der Waals surface area contributed by atoms with Crippen molar-refractivity contribution in [2.24, 2.45) is 5.41 Å². The highest BCUT2D eigenvalue weighted by Gasteiger charge is 2.44. The monoisotopic (exact) mass is 309 g/mol. The molecule has 1 aliphatic carbocycles. The Balaban J connectivity index is 2.16. The Hall–Kier alpha value is -1.63. The van der Waals surface area contributed by atoms with E-state index in [9.17, 15) is 14.7 Å². The van der Waals surface area contributed by atoms with Crippen LogP contribution in [0.4, 0.5) is 0 Å². The van der Waals surface area contributed by atoms with Crippen molar-refractivity contribution in [3.63, 3.8) is 0 Å². The maximum absolute atomic E-state index is 12.4. The molecule has 0 aliphatic heterocycles. The molecule has 2 rings (SSSR count). The van der Waals surface area contributed by atoms with Crippen molar-refractivity contribution in [1.29, 1.82) is 0 Å². The van der Waals surface area contributed by atoms with Gasteiger partial charge in [0.25, 0.3) is 5.91 Å². The summed E-state index contributed by atoms with van der Waals surface area (Å²) in [5, 5.41) is 12.6. The lowest BCUT2D eigenvalue weighted by Crippen LogP contribution is -2.47. The van der Waals surface area contributed by atoms with Crippen LogP contribution in [0.15, 0.2) is 5.03 Å². The minimum atomic E-state index is -0.837. The van der Waals surface area contributed by atoms with Crippen molar-refractivity contribution in [2.75, 3.05) is 12.8 Å². The molecule has 7 heteroatoms. The third-order valence-electron chi connectivity index (χ3n) is 3.94. The van der Waals surface area contributed by atoms with E-state index in [1.54, 1.807) is 13.8 Å². The standard InChI is InChI=1S/C14H19N3O3S/c1-8-10(12(21-3)17-9(2)16-8)11(18)15-7-14(13(19)20)5-4-6-14/h4-7H2,1-3H3,(H,15,18)(H,19,20). The van der Waals surface area contributed by atoms with Gasteiger partial charge >= 0.3 is 5.97 Å². The number of aliphatic carboxylic acids is 1. The van der Waals surface area contributed by atoms with Gasteiger partial charge in [0.2, 0.25) is 0 Å². The van der Waals surface area contributed by atoms with Crippen LogP contribution in [0, 0.1) is 19.3 Å². The first-order valence-electron chi connectivity index (χ1n) is 6.80. The summed E-state index contributed by atoms with van der Waals surface area (Å²) >= 11 is 1.38. The van der Waals surface area contributed by atoms with Crippen LogP contribution in [0.1, 0.15) is 41.1 Å². The van der Waals surface area contributed by atoms with Crippen molar-refractivity contribution in [2.45, 2.75) is 38.1 Å². The largest absolute Gasteiger partial charge is 0.481 e. The van der Waals surface area contributed by atoms with Crippen LogP contribution >= 0.6 is 11.8 Å². The number of carbonyl (C=O) groups is 2. The summed E-state index contributed by atoms with van der Waals surface area (Å²) in [6.07, 6.45) is 3.97. The molecule has 1 aliphatic rings. The van der Waals surface area contributed by atoms with Crippen molar-refractivity contribution in [3.8, 4) is 0 Å². The predicted octanol–water partition coefficient (Wildman–Crippen LogP) is 1.80. The number of rotatable bonds is 5. The number of hydrogen-bond acceptors (Lipinski definition) is 5. The number of carboxylic acid groups (broad SMARTS) is 1. The number of hydrogen-bond donors (Lipinski definition) is 2. The average molecular weight is 309 g/mol. The summed E-state index contributed by atoms with van der Waals surface area (Å²) in [7, 11) is 0. The van der Waals surface area contributed by atoms with E-state index in [0.29, 0.717) is 34.9 Å². The van der Waals surface area contributed by atoms with Crippen LogP contribution in [-0.2, 0) is 4.79 Å². The summed E-state index contributed by atoms with van der Waals surface area (Å²) in [5.74, 6) is -0.519. The zero-order valence-electron chi connectivity index (χ0n) is 12.4. The van der Waals surface area contributed by atoms with E-state index in [2.05, 4.69) is 15.3 Å². The Morgan fingerprint density at radius 2 is 2.00 bits per heavy atom. The van der Waals surface area contributed by atoms with Crippen LogP contribution in [0.25, 0.3) is 0 Å². The van der Waals surface area contributed by atoms with E-state index in [4.69, 9.17) is 0 Å². The van der Waals surface area contributed by atoms with E-state index in [1.807, 2.05) is 6.26 Å². The van der Waals surface area contributed by atoms with Gasteiger partial charge in [-0.3, -0.25) is 9.59 Å². The van der Waals surface area contributed by atoms with Gasteiger partial charge in [0.15, 0.2) is 0 Å². The first kappa shape index (κ1) is 15.8. The van der Waals surface area contributed by atoms with Gasteiger partial charge < -0.3 is 10.4 Å². The topological polar surface area (TPSA) is 92.2 Å². The smallest absolute Gasteiger partial charge is 0.311 e. The average Bonchev–Trinajstić information content (AvgIpc) is 2.35. The van der Waals surface area contributed by atoms with Gasteiger partial charge in [0, 0.05) is 6.54 Å². The second-order valence-corrected chi connectivity index (χ2v) is 6.16. The van der Waals surface area contributed by atoms with Gasteiger partial charge in [-0.15, -0.1) is 11.8 Å². The molecule has 1 aromatic heterocycles. The van der Waals surface area contributed by atoms with E-state index in [-0.39, 0.29) is 12.5 Å². The molecule has 21 heavy (non-hydrogen) atoms. The molecule has 114 valence electrons. The van der Waals surface area contributed by atoms with Crippen LogP contribution in [0.2, 0.25) is 0 Å². The molecule has 0 bridgehead atoms. The van der Waals surface area contributed by atoms with Gasteiger partial charge in [-0.25, -0.2) is 9.97 Å². The molecule has 1 heterocycles. The van der Waals surface area contributed by atoms with Crippen molar-refractivity contribution in [1.82, 2.24) is 15.3 Å². The molecule has 1 fully saturated rings. The fourth-order valence-electron chi connectivity index (χ4n) is 2.50. The molecule has 0 radical (unpaired) electrons. The van der Waals surface area contributed by atoms with Crippen LogP contribution < -0.4 is 5.32 Å². The lowest BCUT2D eigenvalue weighted by atomic mass is 9.69. The lowest BCUT2D eigenvalue weighted by molar-refractivity contribution is -0.153. The summed E-state index contributed by atoms with van der Waals surface area (Å²) in [4.78, 5) is 32.2. The number of thioether (sulfide) groups is 1. The summed E-state index contributed by atoms with van der Waals surface area (Å²) < 4.78 is 0. The number of carboxylic acids is 1. The Morgan fingerprint density at radius 3 is 2.48 bits per heavy atom. The minimum absolute atomic E-state index is 0.155. The molecule has 2 N–H and O–H groups in total. The van der Waals surface area contributed by atoms with Crippen molar-refractivity contribution in [3.05, 3.63) is 17.1 Å². The Morgan fingerprint density at radius 1 is 1.33 bits per heavy atom. The Labute approximate surface area is 127 Å². The summed E-state index contributed by atoms with van der Waals surface area (Å²) in [6, 6.07) is 0. The third kappa shape index (κ3) is 3.02. The second kappa shape index (κ2) is 6.01. The van der Waals surface area contributed by atoms with Gasteiger partial charge in [0.05, 0.1) is 16.7 Å². The SMILES string of the molecule is CSc1nc(C)nc(C)c1C(=O)NCC1(C(=O)O)CCC1. The Bertz CT molecular complexity index is 585. The lowest BCUT2D eigenvalue weighted by Gasteiger charge is -2.37. The van der Waals surface area contributed by atoms with E-state index < -0.39 is 11.4 Å².